The summed E-state index contributed by atoms with van der Waals surface area (Å²) in [6.45, 7) is 5.40. The third-order valence-corrected chi connectivity index (χ3v) is 3.58. The molecule has 0 aliphatic heterocycles. The van der Waals surface area contributed by atoms with Crippen LogP contribution in [0, 0.1) is 6.92 Å². The molecule has 0 aliphatic carbocycles. The van der Waals surface area contributed by atoms with Gasteiger partial charge in [-0.15, -0.1) is 11.8 Å². The van der Waals surface area contributed by atoms with E-state index in [4.69, 9.17) is 5.73 Å². The fourth-order valence-electron chi connectivity index (χ4n) is 1.46. The number of carbonyl (C=O) groups excluding carboxylic acids is 1. The molecule has 1 amide bonds. The van der Waals surface area contributed by atoms with Crippen LogP contribution in [0.1, 0.15) is 24.5 Å². The molecule has 1 aromatic carbocycles. The number of nitrogens with two attached hydrogens (primary N) is 1. The van der Waals surface area contributed by atoms with Crippen molar-refractivity contribution >= 4 is 17.7 Å². The Morgan fingerprint density at radius 1 is 1.47 bits per heavy atom. The number of benzene rings is 1. The minimum atomic E-state index is 0.0964. The maximum absolute atomic E-state index is 11.5. The second-order valence-electron chi connectivity index (χ2n) is 3.94. The summed E-state index contributed by atoms with van der Waals surface area (Å²) in [6, 6.07) is 6.13. The van der Waals surface area contributed by atoms with Crippen LogP contribution >= 0.6 is 11.8 Å². The monoisotopic (exact) mass is 252 g/mol. The molecule has 17 heavy (non-hydrogen) atoms. The molecular formula is C13H20N2OS. The van der Waals surface area contributed by atoms with Gasteiger partial charge in [0.25, 0.3) is 0 Å². The van der Waals surface area contributed by atoms with Crippen molar-refractivity contribution in [2.45, 2.75) is 31.7 Å². The Hall–Kier alpha value is -1.00. The third kappa shape index (κ3) is 4.79. The van der Waals surface area contributed by atoms with Gasteiger partial charge in [-0.05, 0) is 30.5 Å². The maximum Gasteiger partial charge on any atom is 0.230 e. The van der Waals surface area contributed by atoms with Crippen molar-refractivity contribution in [2.75, 3.05) is 12.3 Å². The molecular weight excluding hydrogens is 232 g/mol. The Bertz CT molecular complexity index is 380. The standard InChI is InChI=1S/C13H20N2OS/c1-3-6-15-13(16)9-17-12-5-4-11(8-14)7-10(12)2/h4-5,7H,3,6,8-9,14H2,1-2H3,(H,15,16). The van der Waals surface area contributed by atoms with Crippen molar-refractivity contribution < 1.29 is 4.79 Å². The first kappa shape index (κ1) is 14.1. The summed E-state index contributed by atoms with van der Waals surface area (Å²) in [7, 11) is 0. The number of carbonyl (C=O) groups is 1. The van der Waals surface area contributed by atoms with Crippen LogP contribution < -0.4 is 11.1 Å². The highest BCUT2D eigenvalue weighted by atomic mass is 32.2. The number of amides is 1. The lowest BCUT2D eigenvalue weighted by Gasteiger charge is -2.07. The summed E-state index contributed by atoms with van der Waals surface area (Å²) in [5, 5.41) is 2.86. The summed E-state index contributed by atoms with van der Waals surface area (Å²) in [6.07, 6.45) is 0.973. The summed E-state index contributed by atoms with van der Waals surface area (Å²) in [4.78, 5) is 12.6. The zero-order chi connectivity index (χ0) is 12.7. The summed E-state index contributed by atoms with van der Waals surface area (Å²) >= 11 is 1.57. The van der Waals surface area contributed by atoms with Gasteiger partial charge in [0.05, 0.1) is 5.75 Å². The first-order chi connectivity index (χ1) is 8.17. The molecule has 0 heterocycles. The van der Waals surface area contributed by atoms with E-state index in [1.807, 2.05) is 26.0 Å². The van der Waals surface area contributed by atoms with Gasteiger partial charge < -0.3 is 11.1 Å². The van der Waals surface area contributed by atoms with Gasteiger partial charge in [0, 0.05) is 18.0 Å². The number of aryl methyl sites for hydroxylation is 1. The molecule has 0 fully saturated rings. The topological polar surface area (TPSA) is 55.1 Å². The quantitative estimate of drug-likeness (QED) is 0.762. The number of rotatable bonds is 6. The van der Waals surface area contributed by atoms with Gasteiger partial charge >= 0.3 is 0 Å². The van der Waals surface area contributed by atoms with Gasteiger partial charge in [-0.25, -0.2) is 0 Å². The van der Waals surface area contributed by atoms with E-state index in [0.29, 0.717) is 12.3 Å². The molecule has 4 heteroatoms. The van der Waals surface area contributed by atoms with E-state index in [-0.39, 0.29) is 5.91 Å². The van der Waals surface area contributed by atoms with E-state index < -0.39 is 0 Å². The second-order valence-corrected chi connectivity index (χ2v) is 4.96. The highest BCUT2D eigenvalue weighted by Crippen LogP contribution is 2.22. The number of nitrogens with one attached hydrogen (secondary N) is 1. The predicted molar refractivity (Wildman–Crippen MR) is 73.1 cm³/mol. The van der Waals surface area contributed by atoms with Crippen molar-refractivity contribution in [1.29, 1.82) is 0 Å². The lowest BCUT2D eigenvalue weighted by Crippen LogP contribution is -2.25. The Balaban J connectivity index is 2.49. The molecule has 0 aliphatic rings. The van der Waals surface area contributed by atoms with Crippen LogP contribution in [-0.2, 0) is 11.3 Å². The smallest absolute Gasteiger partial charge is 0.230 e. The normalized spacial score (nSPS) is 10.3. The van der Waals surface area contributed by atoms with Crippen LogP contribution in [0.25, 0.3) is 0 Å². The molecule has 1 aromatic rings. The fraction of sp³-hybridized carbons (Fsp3) is 0.462. The Kier molecular flexibility index (Phi) is 6.08. The van der Waals surface area contributed by atoms with Crippen LogP contribution in [-0.4, -0.2) is 18.2 Å². The molecule has 94 valence electrons. The molecule has 0 unspecified atom stereocenters. The third-order valence-electron chi connectivity index (χ3n) is 2.41. The Morgan fingerprint density at radius 2 is 2.24 bits per heavy atom. The van der Waals surface area contributed by atoms with Crippen LogP contribution in [0.5, 0.6) is 0 Å². The summed E-state index contributed by atoms with van der Waals surface area (Å²) in [5.41, 5.74) is 7.88. The van der Waals surface area contributed by atoms with Gasteiger partial charge in [0.15, 0.2) is 0 Å². The molecule has 0 saturated carbocycles. The van der Waals surface area contributed by atoms with E-state index in [0.717, 1.165) is 23.4 Å². The molecule has 0 spiro atoms. The average Bonchev–Trinajstić information content (AvgIpc) is 2.34. The van der Waals surface area contributed by atoms with Gasteiger partial charge in [0.2, 0.25) is 5.91 Å². The molecule has 0 atom stereocenters. The van der Waals surface area contributed by atoms with Crippen LogP contribution in [0.15, 0.2) is 23.1 Å². The molecule has 3 N–H and O–H groups in total. The lowest BCUT2D eigenvalue weighted by molar-refractivity contribution is -0.118. The summed E-state index contributed by atoms with van der Waals surface area (Å²) < 4.78 is 0. The first-order valence-corrected chi connectivity index (χ1v) is 6.85. The van der Waals surface area contributed by atoms with E-state index in [1.165, 1.54) is 5.56 Å². The van der Waals surface area contributed by atoms with Gasteiger partial charge in [-0.2, -0.15) is 0 Å². The zero-order valence-corrected chi connectivity index (χ0v) is 11.3. The van der Waals surface area contributed by atoms with Crippen molar-refractivity contribution in [1.82, 2.24) is 5.32 Å². The minimum Gasteiger partial charge on any atom is -0.355 e. The number of thioether (sulfide) groups is 1. The largest absolute Gasteiger partial charge is 0.355 e. The molecule has 3 nitrogen and oxygen atoms in total. The maximum atomic E-state index is 11.5. The lowest BCUT2D eigenvalue weighted by atomic mass is 10.1. The summed E-state index contributed by atoms with van der Waals surface area (Å²) in [5.74, 6) is 0.571. The zero-order valence-electron chi connectivity index (χ0n) is 10.5. The van der Waals surface area contributed by atoms with Crippen molar-refractivity contribution in [3.05, 3.63) is 29.3 Å². The van der Waals surface area contributed by atoms with Gasteiger partial charge in [-0.1, -0.05) is 19.1 Å². The van der Waals surface area contributed by atoms with Crippen LogP contribution in [0.4, 0.5) is 0 Å². The molecule has 0 aromatic heterocycles. The van der Waals surface area contributed by atoms with E-state index in [1.54, 1.807) is 11.8 Å². The average molecular weight is 252 g/mol. The van der Waals surface area contributed by atoms with E-state index in [9.17, 15) is 4.79 Å². The minimum absolute atomic E-state index is 0.0964. The van der Waals surface area contributed by atoms with Crippen molar-refractivity contribution in [2.24, 2.45) is 5.73 Å². The molecule has 0 saturated heterocycles. The van der Waals surface area contributed by atoms with Crippen molar-refractivity contribution in [3.8, 4) is 0 Å². The fourth-order valence-corrected chi connectivity index (χ4v) is 2.30. The highest BCUT2D eigenvalue weighted by molar-refractivity contribution is 8.00. The van der Waals surface area contributed by atoms with Crippen LogP contribution in [0.3, 0.4) is 0 Å². The van der Waals surface area contributed by atoms with Gasteiger partial charge in [0.1, 0.15) is 0 Å². The first-order valence-electron chi connectivity index (χ1n) is 5.86. The highest BCUT2D eigenvalue weighted by Gasteiger charge is 2.04. The number of hydrogen-bond acceptors (Lipinski definition) is 3. The van der Waals surface area contributed by atoms with Crippen LogP contribution in [0.2, 0.25) is 0 Å². The van der Waals surface area contributed by atoms with Gasteiger partial charge in [-0.3, -0.25) is 4.79 Å². The number of hydrogen-bond donors (Lipinski definition) is 2. The molecule has 1 rings (SSSR count). The Labute approximate surface area is 107 Å². The van der Waals surface area contributed by atoms with E-state index in [2.05, 4.69) is 11.4 Å². The second kappa shape index (κ2) is 7.35. The SMILES string of the molecule is CCCNC(=O)CSc1ccc(CN)cc1C. The predicted octanol–water partition coefficient (Wildman–Crippen LogP) is 2.07. The Morgan fingerprint density at radius 3 is 2.82 bits per heavy atom. The van der Waals surface area contributed by atoms with E-state index >= 15 is 0 Å². The molecule has 0 bridgehead atoms. The van der Waals surface area contributed by atoms with Crippen molar-refractivity contribution in [3.63, 3.8) is 0 Å². The molecule has 0 radical (unpaired) electrons.